The molecule has 1 aromatic carbocycles. The molecule has 0 unspecified atom stereocenters. The van der Waals surface area contributed by atoms with Gasteiger partial charge in [-0.25, -0.2) is 9.97 Å². The number of aromatic nitrogens is 2. The molecule has 0 aliphatic carbocycles. The number of halogens is 1. The van der Waals surface area contributed by atoms with Gasteiger partial charge in [-0.05, 0) is 34.1 Å². The lowest BCUT2D eigenvalue weighted by Gasteiger charge is -2.04. The summed E-state index contributed by atoms with van der Waals surface area (Å²) < 4.78 is 0.848. The number of hydrogen-bond donors (Lipinski definition) is 2. The van der Waals surface area contributed by atoms with E-state index in [0.29, 0.717) is 11.6 Å². The van der Waals surface area contributed by atoms with Gasteiger partial charge in [-0.2, -0.15) is 0 Å². The van der Waals surface area contributed by atoms with Crippen molar-refractivity contribution in [2.75, 3.05) is 11.1 Å². The van der Waals surface area contributed by atoms with Crippen LogP contribution in [0.15, 0.2) is 41.1 Å². The third-order valence-corrected chi connectivity index (χ3v) is 2.17. The Labute approximate surface area is 95.7 Å². The van der Waals surface area contributed by atoms with E-state index in [1.807, 2.05) is 24.3 Å². The van der Waals surface area contributed by atoms with E-state index < -0.39 is 0 Å². The van der Waals surface area contributed by atoms with Crippen LogP contribution >= 0.6 is 15.9 Å². The van der Waals surface area contributed by atoms with Gasteiger partial charge in [-0.1, -0.05) is 6.07 Å². The number of nitrogens with one attached hydrogen (secondary N) is 1. The lowest BCUT2D eigenvalue weighted by Crippen LogP contribution is -1.96. The zero-order valence-electron chi connectivity index (χ0n) is 7.81. The highest BCUT2D eigenvalue weighted by Gasteiger charge is 1.97. The van der Waals surface area contributed by atoms with E-state index in [-0.39, 0.29) is 0 Å². The van der Waals surface area contributed by atoms with E-state index >= 15 is 0 Å². The van der Waals surface area contributed by atoms with Gasteiger partial charge in [0.25, 0.3) is 0 Å². The minimum Gasteiger partial charge on any atom is -0.399 e. The van der Waals surface area contributed by atoms with Crippen molar-refractivity contribution in [1.82, 2.24) is 9.97 Å². The molecular weight excluding hydrogens is 256 g/mol. The fourth-order valence-electron chi connectivity index (χ4n) is 1.12. The maximum Gasteiger partial charge on any atom is 0.227 e. The van der Waals surface area contributed by atoms with E-state index in [2.05, 4.69) is 31.2 Å². The van der Waals surface area contributed by atoms with Crippen LogP contribution in [0.1, 0.15) is 0 Å². The molecule has 0 spiro atoms. The Bertz CT molecular complexity index is 455. The summed E-state index contributed by atoms with van der Waals surface area (Å²) in [4.78, 5) is 8.19. The van der Waals surface area contributed by atoms with Gasteiger partial charge in [0, 0.05) is 23.8 Å². The van der Waals surface area contributed by atoms with E-state index in [4.69, 9.17) is 5.73 Å². The molecule has 0 saturated heterocycles. The molecule has 1 aromatic heterocycles. The van der Waals surface area contributed by atoms with Crippen LogP contribution in [0.5, 0.6) is 0 Å². The fraction of sp³-hybridized carbons (Fsp3) is 0. The molecule has 0 aliphatic heterocycles. The van der Waals surface area contributed by atoms with Crippen molar-refractivity contribution in [3.8, 4) is 0 Å². The zero-order valence-corrected chi connectivity index (χ0v) is 9.40. The zero-order chi connectivity index (χ0) is 10.7. The third kappa shape index (κ3) is 2.66. The first-order valence-electron chi connectivity index (χ1n) is 4.34. The maximum atomic E-state index is 5.65. The van der Waals surface area contributed by atoms with Crippen molar-refractivity contribution in [1.29, 1.82) is 0 Å². The molecule has 0 amide bonds. The van der Waals surface area contributed by atoms with Crippen molar-refractivity contribution in [2.24, 2.45) is 0 Å². The first-order chi connectivity index (χ1) is 7.24. The van der Waals surface area contributed by atoms with E-state index in [1.165, 1.54) is 0 Å². The molecule has 0 saturated carbocycles. The van der Waals surface area contributed by atoms with E-state index in [1.54, 1.807) is 12.4 Å². The lowest BCUT2D eigenvalue weighted by molar-refractivity contribution is 1.15. The third-order valence-electron chi connectivity index (χ3n) is 1.76. The average molecular weight is 265 g/mol. The molecule has 2 rings (SSSR count). The molecule has 76 valence electrons. The standard InChI is InChI=1S/C10H9BrN4/c11-7-5-13-10(14-6-7)15-9-3-1-2-8(12)4-9/h1-6H,12H2,(H,13,14,15). The molecule has 15 heavy (non-hydrogen) atoms. The van der Waals surface area contributed by atoms with Gasteiger partial charge in [0.2, 0.25) is 5.95 Å². The minimum atomic E-state index is 0.545. The van der Waals surface area contributed by atoms with Gasteiger partial charge < -0.3 is 11.1 Å². The van der Waals surface area contributed by atoms with Crippen LogP contribution in [0.4, 0.5) is 17.3 Å². The van der Waals surface area contributed by atoms with Crippen molar-refractivity contribution in [3.05, 3.63) is 41.1 Å². The van der Waals surface area contributed by atoms with Crippen LogP contribution in [-0.4, -0.2) is 9.97 Å². The van der Waals surface area contributed by atoms with Crippen LogP contribution < -0.4 is 11.1 Å². The summed E-state index contributed by atoms with van der Waals surface area (Å²) in [5.74, 6) is 0.545. The molecule has 4 nitrogen and oxygen atoms in total. The SMILES string of the molecule is Nc1cccc(Nc2ncc(Br)cn2)c1. The maximum absolute atomic E-state index is 5.65. The predicted molar refractivity (Wildman–Crippen MR) is 63.9 cm³/mol. The first kappa shape index (κ1) is 9.92. The average Bonchev–Trinajstić information content (AvgIpc) is 2.22. The highest BCUT2D eigenvalue weighted by atomic mass is 79.9. The monoisotopic (exact) mass is 264 g/mol. The van der Waals surface area contributed by atoms with Crippen molar-refractivity contribution in [3.63, 3.8) is 0 Å². The van der Waals surface area contributed by atoms with Crippen LogP contribution in [0.2, 0.25) is 0 Å². The molecule has 0 fully saturated rings. The number of anilines is 3. The second-order valence-corrected chi connectivity index (χ2v) is 3.89. The number of benzene rings is 1. The highest BCUT2D eigenvalue weighted by molar-refractivity contribution is 9.10. The van der Waals surface area contributed by atoms with Crippen LogP contribution in [0.3, 0.4) is 0 Å². The van der Waals surface area contributed by atoms with Gasteiger partial charge in [0.15, 0.2) is 0 Å². The Morgan fingerprint density at radius 1 is 1.20 bits per heavy atom. The van der Waals surface area contributed by atoms with Crippen molar-refractivity contribution >= 4 is 33.3 Å². The summed E-state index contributed by atoms with van der Waals surface area (Å²) in [6.45, 7) is 0. The normalized spacial score (nSPS) is 9.93. The molecular formula is C10H9BrN4. The van der Waals surface area contributed by atoms with Gasteiger partial charge in [0.1, 0.15) is 0 Å². The van der Waals surface area contributed by atoms with E-state index in [9.17, 15) is 0 Å². The number of hydrogen-bond acceptors (Lipinski definition) is 4. The fourth-order valence-corrected chi connectivity index (χ4v) is 1.33. The summed E-state index contributed by atoms with van der Waals surface area (Å²) in [5, 5.41) is 3.05. The number of rotatable bonds is 2. The number of nitrogens with zero attached hydrogens (tertiary/aromatic N) is 2. The largest absolute Gasteiger partial charge is 0.399 e. The minimum absolute atomic E-state index is 0.545. The molecule has 0 atom stereocenters. The number of nitrogen functional groups attached to an aromatic ring is 1. The first-order valence-corrected chi connectivity index (χ1v) is 5.13. The summed E-state index contributed by atoms with van der Waals surface area (Å²) >= 11 is 3.27. The Morgan fingerprint density at radius 2 is 1.93 bits per heavy atom. The molecule has 0 aliphatic rings. The highest BCUT2D eigenvalue weighted by Crippen LogP contribution is 2.16. The topological polar surface area (TPSA) is 63.8 Å². The Morgan fingerprint density at radius 3 is 2.60 bits per heavy atom. The van der Waals surface area contributed by atoms with Crippen LogP contribution in [-0.2, 0) is 0 Å². The van der Waals surface area contributed by atoms with Gasteiger partial charge >= 0.3 is 0 Å². The summed E-state index contributed by atoms with van der Waals surface area (Å²) in [7, 11) is 0. The summed E-state index contributed by atoms with van der Waals surface area (Å²) in [6, 6.07) is 7.43. The Balaban J connectivity index is 2.18. The van der Waals surface area contributed by atoms with Gasteiger partial charge in [0.05, 0.1) is 4.47 Å². The molecule has 1 heterocycles. The molecule has 5 heteroatoms. The second-order valence-electron chi connectivity index (χ2n) is 2.98. The Hall–Kier alpha value is -1.62. The lowest BCUT2D eigenvalue weighted by atomic mass is 10.3. The van der Waals surface area contributed by atoms with Crippen LogP contribution in [0.25, 0.3) is 0 Å². The van der Waals surface area contributed by atoms with Crippen molar-refractivity contribution in [2.45, 2.75) is 0 Å². The summed E-state index contributed by atoms with van der Waals surface area (Å²) in [5.41, 5.74) is 7.23. The Kier molecular flexibility index (Phi) is 2.82. The smallest absolute Gasteiger partial charge is 0.227 e. The van der Waals surface area contributed by atoms with E-state index in [0.717, 1.165) is 10.2 Å². The van der Waals surface area contributed by atoms with Crippen molar-refractivity contribution < 1.29 is 0 Å². The predicted octanol–water partition coefficient (Wildman–Crippen LogP) is 2.56. The molecule has 0 radical (unpaired) electrons. The number of nitrogens with two attached hydrogens (primary N) is 1. The summed E-state index contributed by atoms with van der Waals surface area (Å²) in [6.07, 6.45) is 3.36. The second kappa shape index (κ2) is 4.27. The van der Waals surface area contributed by atoms with Gasteiger partial charge in [-0.15, -0.1) is 0 Å². The molecule has 3 N–H and O–H groups in total. The molecule has 2 aromatic rings. The molecule has 0 bridgehead atoms. The van der Waals surface area contributed by atoms with Gasteiger partial charge in [-0.3, -0.25) is 0 Å². The quantitative estimate of drug-likeness (QED) is 0.819. The van der Waals surface area contributed by atoms with Crippen LogP contribution in [0, 0.1) is 0 Å².